The van der Waals surface area contributed by atoms with Crippen LogP contribution in [-0.4, -0.2) is 29.5 Å². The Kier molecular flexibility index (Phi) is 4.45. The van der Waals surface area contributed by atoms with Gasteiger partial charge >= 0.3 is 4.87 Å². The van der Waals surface area contributed by atoms with Crippen LogP contribution in [0.15, 0.2) is 4.79 Å². The van der Waals surface area contributed by atoms with Crippen molar-refractivity contribution in [2.45, 2.75) is 13.8 Å². The zero-order chi connectivity index (χ0) is 13.0. The predicted octanol–water partition coefficient (Wildman–Crippen LogP) is -0.379. The van der Waals surface area contributed by atoms with Gasteiger partial charge in [-0.3, -0.25) is 14.4 Å². The van der Waals surface area contributed by atoms with Crippen LogP contribution in [0.5, 0.6) is 0 Å². The first-order valence-electron chi connectivity index (χ1n) is 5.12. The lowest BCUT2D eigenvalue weighted by molar-refractivity contribution is -0.118. The van der Waals surface area contributed by atoms with Gasteiger partial charge in [0.15, 0.2) is 0 Å². The van der Waals surface area contributed by atoms with Crippen LogP contribution in [0.25, 0.3) is 0 Å². The van der Waals surface area contributed by atoms with Crippen molar-refractivity contribution in [1.82, 2.24) is 15.2 Å². The molecule has 0 aliphatic rings. The Hall–Kier alpha value is -1.63. The summed E-state index contributed by atoms with van der Waals surface area (Å²) in [5.74, 6) is -0.421. The lowest BCUT2D eigenvalue weighted by atomic mass is 10.3. The second-order valence-corrected chi connectivity index (χ2v) is 4.54. The van der Waals surface area contributed by atoms with E-state index in [9.17, 15) is 14.4 Å². The number of carbonyl (C=O) groups excluding carboxylic acids is 2. The van der Waals surface area contributed by atoms with Gasteiger partial charge in [-0.1, -0.05) is 11.3 Å². The van der Waals surface area contributed by atoms with Crippen LogP contribution in [0.4, 0.5) is 0 Å². The molecule has 7 heteroatoms. The van der Waals surface area contributed by atoms with E-state index in [2.05, 4.69) is 10.6 Å². The Morgan fingerprint density at radius 2 is 1.88 bits per heavy atom. The van der Waals surface area contributed by atoms with Crippen LogP contribution in [0.2, 0.25) is 0 Å². The highest BCUT2D eigenvalue weighted by Gasteiger charge is 2.14. The molecule has 0 radical (unpaired) electrons. The van der Waals surface area contributed by atoms with Gasteiger partial charge < -0.3 is 15.2 Å². The van der Waals surface area contributed by atoms with Crippen molar-refractivity contribution in [3.63, 3.8) is 0 Å². The van der Waals surface area contributed by atoms with E-state index in [1.54, 1.807) is 14.0 Å². The van der Waals surface area contributed by atoms with Gasteiger partial charge in [-0.2, -0.15) is 0 Å². The molecule has 94 valence electrons. The Balaban J connectivity index is 2.56. The molecule has 1 rings (SSSR count). The van der Waals surface area contributed by atoms with Gasteiger partial charge in [0, 0.05) is 32.8 Å². The standard InChI is InChI=1S/C10H15N3O3S/c1-6-8(17-10(16)13(6)3)9(15)12-5-4-11-7(2)14/h4-5H2,1-3H3,(H,11,14)(H,12,15). The van der Waals surface area contributed by atoms with E-state index >= 15 is 0 Å². The lowest BCUT2D eigenvalue weighted by Crippen LogP contribution is -2.33. The van der Waals surface area contributed by atoms with E-state index in [1.807, 2.05) is 0 Å². The number of hydrogen-bond acceptors (Lipinski definition) is 4. The van der Waals surface area contributed by atoms with Crippen molar-refractivity contribution in [1.29, 1.82) is 0 Å². The van der Waals surface area contributed by atoms with E-state index in [0.29, 0.717) is 23.7 Å². The molecule has 0 saturated heterocycles. The molecule has 0 aliphatic heterocycles. The van der Waals surface area contributed by atoms with Gasteiger partial charge in [0.05, 0.1) is 0 Å². The van der Waals surface area contributed by atoms with Gasteiger partial charge in [0.2, 0.25) is 5.91 Å². The zero-order valence-corrected chi connectivity index (χ0v) is 10.8. The topological polar surface area (TPSA) is 80.2 Å². The van der Waals surface area contributed by atoms with E-state index in [4.69, 9.17) is 0 Å². The molecule has 0 aliphatic carbocycles. The molecule has 6 nitrogen and oxygen atoms in total. The highest BCUT2D eigenvalue weighted by Crippen LogP contribution is 2.09. The van der Waals surface area contributed by atoms with Gasteiger partial charge in [-0.25, -0.2) is 0 Å². The monoisotopic (exact) mass is 257 g/mol. The van der Waals surface area contributed by atoms with E-state index < -0.39 is 0 Å². The van der Waals surface area contributed by atoms with Crippen molar-refractivity contribution in [3.8, 4) is 0 Å². The molecule has 2 N–H and O–H groups in total. The Morgan fingerprint density at radius 3 is 2.35 bits per heavy atom. The van der Waals surface area contributed by atoms with Gasteiger partial charge in [0.1, 0.15) is 4.88 Å². The number of thiazole rings is 1. The third-order valence-corrected chi connectivity index (χ3v) is 3.42. The van der Waals surface area contributed by atoms with Crippen molar-refractivity contribution in [2.75, 3.05) is 13.1 Å². The summed E-state index contributed by atoms with van der Waals surface area (Å²) in [5.41, 5.74) is 0.650. The van der Waals surface area contributed by atoms with E-state index in [1.165, 1.54) is 11.5 Å². The summed E-state index contributed by atoms with van der Waals surface area (Å²) in [5, 5.41) is 5.21. The number of nitrogens with one attached hydrogen (secondary N) is 2. The molecule has 1 aromatic heterocycles. The minimum atomic E-state index is -0.282. The lowest BCUT2D eigenvalue weighted by Gasteiger charge is -2.04. The molecular weight excluding hydrogens is 242 g/mol. The number of carbonyl (C=O) groups is 2. The average Bonchev–Trinajstić information content (AvgIpc) is 2.52. The van der Waals surface area contributed by atoms with E-state index in [-0.39, 0.29) is 16.7 Å². The molecule has 0 spiro atoms. The predicted molar refractivity (Wildman–Crippen MR) is 65.3 cm³/mol. The SMILES string of the molecule is CC(=O)NCCNC(=O)c1sc(=O)n(C)c1C. The smallest absolute Gasteiger partial charge is 0.307 e. The minimum absolute atomic E-state index is 0.139. The highest BCUT2D eigenvalue weighted by molar-refractivity contribution is 7.11. The van der Waals surface area contributed by atoms with Crippen LogP contribution >= 0.6 is 11.3 Å². The minimum Gasteiger partial charge on any atom is -0.355 e. The largest absolute Gasteiger partial charge is 0.355 e. The fourth-order valence-corrected chi connectivity index (χ4v) is 2.12. The van der Waals surface area contributed by atoms with Crippen molar-refractivity contribution >= 4 is 23.2 Å². The average molecular weight is 257 g/mol. The maximum atomic E-state index is 11.7. The van der Waals surface area contributed by atoms with Gasteiger partial charge in [-0.05, 0) is 6.92 Å². The summed E-state index contributed by atoms with van der Waals surface area (Å²) in [6.45, 7) is 3.85. The van der Waals surface area contributed by atoms with Crippen molar-refractivity contribution < 1.29 is 9.59 Å². The summed E-state index contributed by atoms with van der Waals surface area (Å²) >= 11 is 0.921. The first-order valence-corrected chi connectivity index (χ1v) is 5.94. The molecule has 0 atom stereocenters. The Morgan fingerprint density at radius 1 is 1.29 bits per heavy atom. The molecule has 0 fully saturated rings. The highest BCUT2D eigenvalue weighted by atomic mass is 32.1. The van der Waals surface area contributed by atoms with E-state index in [0.717, 1.165) is 11.3 Å². The molecule has 1 heterocycles. The Labute approximate surface area is 103 Å². The molecule has 1 aromatic rings. The molecule has 17 heavy (non-hydrogen) atoms. The van der Waals surface area contributed by atoms with Crippen molar-refractivity contribution in [3.05, 3.63) is 20.2 Å². The summed E-state index contributed by atoms with van der Waals surface area (Å²) < 4.78 is 1.44. The summed E-state index contributed by atoms with van der Waals surface area (Å²) in [6.07, 6.45) is 0. The summed E-state index contributed by atoms with van der Waals surface area (Å²) in [6, 6.07) is 0. The molecule has 0 bridgehead atoms. The molecule has 0 aromatic carbocycles. The van der Waals surface area contributed by atoms with Crippen LogP contribution in [-0.2, 0) is 11.8 Å². The molecule has 0 saturated carbocycles. The molecule has 0 unspecified atom stereocenters. The maximum Gasteiger partial charge on any atom is 0.307 e. The van der Waals surface area contributed by atoms with Crippen LogP contribution < -0.4 is 15.5 Å². The number of nitrogens with zero attached hydrogens (tertiary/aromatic N) is 1. The summed E-state index contributed by atoms with van der Waals surface area (Å²) in [7, 11) is 1.63. The third kappa shape index (κ3) is 3.42. The maximum absolute atomic E-state index is 11.7. The normalized spacial score (nSPS) is 10.1. The Bertz CT molecular complexity index is 489. The zero-order valence-electron chi connectivity index (χ0n) is 9.99. The fourth-order valence-electron chi connectivity index (χ4n) is 1.22. The second-order valence-electron chi connectivity index (χ2n) is 3.58. The molecular formula is C10H15N3O3S. The van der Waals surface area contributed by atoms with Crippen LogP contribution in [0, 0.1) is 6.92 Å². The van der Waals surface area contributed by atoms with Crippen LogP contribution in [0.3, 0.4) is 0 Å². The van der Waals surface area contributed by atoms with Crippen LogP contribution in [0.1, 0.15) is 22.3 Å². The third-order valence-electron chi connectivity index (χ3n) is 2.29. The summed E-state index contributed by atoms with van der Waals surface area (Å²) in [4.78, 5) is 33.9. The number of rotatable bonds is 4. The fraction of sp³-hybridized carbons (Fsp3) is 0.500. The second kappa shape index (κ2) is 5.62. The van der Waals surface area contributed by atoms with Gasteiger partial charge in [-0.15, -0.1) is 0 Å². The first kappa shape index (κ1) is 13.4. The number of aromatic nitrogens is 1. The van der Waals surface area contributed by atoms with Crippen molar-refractivity contribution in [2.24, 2.45) is 7.05 Å². The van der Waals surface area contributed by atoms with Gasteiger partial charge in [0.25, 0.3) is 5.91 Å². The first-order chi connectivity index (χ1) is 7.93. The quantitative estimate of drug-likeness (QED) is 0.722. The molecule has 2 amide bonds. The number of hydrogen-bond donors (Lipinski definition) is 2. The number of amides is 2.